The smallest absolute Gasteiger partial charge is 0.259 e. The van der Waals surface area contributed by atoms with Crippen LogP contribution in [-0.4, -0.2) is 76.0 Å². The van der Waals surface area contributed by atoms with E-state index in [0.29, 0.717) is 28.2 Å². The fourth-order valence-electron chi connectivity index (χ4n) is 18.2. The minimum absolute atomic E-state index is 0.0555. The van der Waals surface area contributed by atoms with Crippen molar-refractivity contribution < 1.29 is 17.6 Å². The lowest BCUT2D eigenvalue weighted by Gasteiger charge is -2.31. The van der Waals surface area contributed by atoms with Gasteiger partial charge >= 0.3 is 0 Å². The molecule has 0 unspecified atom stereocenters. The molecule has 0 saturated carbocycles. The number of hydrogen-bond donors (Lipinski definition) is 0. The molecule has 0 bridgehead atoms. The summed E-state index contributed by atoms with van der Waals surface area (Å²) in [7, 11) is 9.93. The number of rotatable bonds is 5. The summed E-state index contributed by atoms with van der Waals surface area (Å²) < 4.78 is 40.8. The van der Waals surface area contributed by atoms with Crippen LogP contribution in [0.25, 0.3) is 49.0 Å². The maximum Gasteiger partial charge on any atom is 0.259 e. The predicted octanol–water partition coefficient (Wildman–Crippen LogP) is 24.1. The molecule has 5 atom stereocenters. The van der Waals surface area contributed by atoms with Gasteiger partial charge in [-0.1, -0.05) is 72.8 Å². The van der Waals surface area contributed by atoms with Gasteiger partial charge in [0.25, 0.3) is 5.69 Å². The zero-order valence-corrected chi connectivity index (χ0v) is 71.9. The second-order valence-electron chi connectivity index (χ2n) is 31.9. The average Bonchev–Trinajstić information content (AvgIpc) is 1.49. The average molecular weight is 1600 g/mol. The number of aromatic nitrogens is 2. The molecular weight excluding hydrogens is 1510 g/mol. The van der Waals surface area contributed by atoms with Gasteiger partial charge in [-0.25, -0.2) is 23.6 Å². The van der Waals surface area contributed by atoms with Crippen LogP contribution in [0.4, 0.5) is 99.8 Å². The van der Waals surface area contributed by atoms with Crippen molar-refractivity contribution in [2.24, 2.45) is 0 Å². The third-order valence-electron chi connectivity index (χ3n) is 25.3. The highest BCUT2D eigenvalue weighted by molar-refractivity contribution is 6.11. The monoisotopic (exact) mass is 1600 g/mol. The Bertz CT molecular complexity index is 6770. The van der Waals surface area contributed by atoms with E-state index in [1.165, 1.54) is 56.4 Å². The molecule has 121 heavy (non-hydrogen) atoms. The van der Waals surface area contributed by atoms with E-state index in [1.54, 1.807) is 24.3 Å². The molecule has 0 fully saturated rings. The van der Waals surface area contributed by atoms with E-state index in [-0.39, 0.29) is 36.5 Å². The van der Waals surface area contributed by atoms with Crippen molar-refractivity contribution in [1.82, 2.24) is 9.97 Å². The molecule has 19 rings (SSSR count). The highest BCUT2D eigenvalue weighted by Gasteiger charge is 2.42. The van der Waals surface area contributed by atoms with E-state index in [0.717, 1.165) is 123 Å². The molecule has 14 aromatic rings. The third kappa shape index (κ3) is 13.4. The molecule has 5 aliphatic rings. The molecular formula is C100H95F2N17O2. The van der Waals surface area contributed by atoms with Crippen molar-refractivity contribution in [3.05, 3.63) is 283 Å². The minimum atomic E-state index is -0.827. The SMILES string of the molecule is Cc1cc(C)c(N2c3cccc(C#N)c3N(C)[C@@H]2C)c(C)c1C.Cc1cc2c(cc1N1c3cccc(C#N)c3N(C)[C@@H]1C)oc1ncccc12.Cc1ccc(C)c(N2c3cccc(C#N)c3N(C)[C@@H]2C)c1C.Cc1ccc2c(oc3ncccc32)c1N1c2cccc(C#N)c2N(C)[C@@H]1C.[C-]#[N+]c1c(F)cc2c(c1F)N(C)[C@H](C)N2c1ccccc1C. The Morgan fingerprint density at radius 1 is 0.339 bits per heavy atom. The lowest BCUT2D eigenvalue weighted by molar-refractivity contribution is 0.594. The Morgan fingerprint density at radius 2 is 0.752 bits per heavy atom. The number of pyridine rings is 2. The molecule has 4 aromatic heterocycles. The first-order valence-corrected chi connectivity index (χ1v) is 40.4. The van der Waals surface area contributed by atoms with Gasteiger partial charge in [0.1, 0.15) is 66.5 Å². The molecule has 0 N–H and O–H groups in total. The van der Waals surface area contributed by atoms with E-state index in [9.17, 15) is 29.8 Å². The molecule has 10 aromatic carbocycles. The number of hydrogen-bond acceptors (Lipinski definition) is 18. The van der Waals surface area contributed by atoms with Crippen LogP contribution in [-0.2, 0) is 0 Å². The Balaban J connectivity index is 0.000000118. The molecule has 0 spiro atoms. The van der Waals surface area contributed by atoms with E-state index >= 15 is 0 Å². The predicted molar refractivity (Wildman–Crippen MR) is 487 cm³/mol. The quantitative estimate of drug-likeness (QED) is 0.148. The Morgan fingerprint density at radius 3 is 1.25 bits per heavy atom. The van der Waals surface area contributed by atoms with Crippen LogP contribution in [0.1, 0.15) is 113 Å². The molecule has 19 nitrogen and oxygen atoms in total. The number of nitriles is 4. The van der Waals surface area contributed by atoms with Gasteiger partial charge in [0.15, 0.2) is 11.4 Å². The number of nitrogens with zero attached hydrogens (tertiary/aromatic N) is 17. The van der Waals surface area contributed by atoms with Gasteiger partial charge < -0.3 is 57.8 Å². The van der Waals surface area contributed by atoms with Crippen molar-refractivity contribution in [1.29, 1.82) is 21.0 Å². The first-order valence-electron chi connectivity index (χ1n) is 40.4. The molecule has 606 valence electrons. The maximum absolute atomic E-state index is 14.5. The molecule has 0 radical (unpaired) electrons. The zero-order chi connectivity index (χ0) is 86.3. The summed E-state index contributed by atoms with van der Waals surface area (Å²) in [6, 6.07) is 64.9. The highest BCUT2D eigenvalue weighted by atomic mass is 19.1. The summed E-state index contributed by atoms with van der Waals surface area (Å²) in [5.74, 6) is -1.62. The van der Waals surface area contributed by atoms with Crippen LogP contribution in [0.15, 0.2) is 191 Å². The summed E-state index contributed by atoms with van der Waals surface area (Å²) in [6.07, 6.45) is 3.83. The number of halogens is 2. The summed E-state index contributed by atoms with van der Waals surface area (Å²) in [5.41, 5.74) is 32.2. The lowest BCUT2D eigenvalue weighted by atomic mass is 9.97. The van der Waals surface area contributed by atoms with Crippen molar-refractivity contribution in [2.45, 2.75) is 135 Å². The van der Waals surface area contributed by atoms with Crippen LogP contribution >= 0.6 is 0 Å². The molecule has 0 aliphatic carbocycles. The Hall–Kier alpha value is -14.6. The van der Waals surface area contributed by atoms with Gasteiger partial charge in [0.2, 0.25) is 11.4 Å². The van der Waals surface area contributed by atoms with E-state index in [1.807, 2.05) is 130 Å². The van der Waals surface area contributed by atoms with Gasteiger partial charge in [-0.3, -0.25) is 0 Å². The van der Waals surface area contributed by atoms with Crippen LogP contribution in [0, 0.1) is 133 Å². The molecule has 0 amide bonds. The number of anilines is 15. The van der Waals surface area contributed by atoms with Crippen molar-refractivity contribution in [3.8, 4) is 24.3 Å². The van der Waals surface area contributed by atoms with Crippen LogP contribution in [0.3, 0.4) is 0 Å². The second kappa shape index (κ2) is 32.0. The second-order valence-corrected chi connectivity index (χ2v) is 31.9. The van der Waals surface area contributed by atoms with Gasteiger partial charge in [-0.05, 0) is 250 Å². The molecule has 0 saturated heterocycles. The maximum atomic E-state index is 14.5. The van der Waals surface area contributed by atoms with E-state index in [4.69, 9.17) is 15.4 Å². The van der Waals surface area contributed by atoms with Gasteiger partial charge in [0.05, 0.1) is 91.4 Å². The molecule has 9 heterocycles. The van der Waals surface area contributed by atoms with Gasteiger partial charge in [0, 0.05) is 98.0 Å². The number of benzene rings is 10. The number of fused-ring (bicyclic) bond motifs is 11. The summed E-state index contributed by atoms with van der Waals surface area (Å²) >= 11 is 0. The van der Waals surface area contributed by atoms with Crippen molar-refractivity contribution in [3.63, 3.8) is 0 Å². The standard InChI is InChI=1S/2C22H18N4O.C20H23N3.C19H21N3.C17H15F2N3/c1-13-9-10-16-17-7-5-11-24-22(17)27-21(16)19(13)26-14(2)25(3)20-15(12-23)6-4-8-18(20)26;1-13-10-17-16-7-5-9-24-22(16)27-20(17)11-19(13)26-14(2)25(3)21-15(12-23)6-4-8-18(21)26;1-12-10-13(2)19(15(4)14(12)3)23-16(5)22(6)20-17(11-21)8-7-9-18(20)23;1-12-9-10-13(2)18(14(12)3)22-15(4)21(5)19-16(11-20)7-6-8-17(19)22;1-10-7-5-6-8-13(10)22-11(2)21(4)17-14(22)9-12(18)16(20-3)15(17)19/h2*4-11,14H,1-3H3;7-10,16H,1-6H3;6-10,15H,1-5H3;5-9,11H,1-2,4H3/t2*14-;16-;15-;11-/m00000/s1. The van der Waals surface area contributed by atoms with Crippen molar-refractivity contribution >= 4 is 135 Å². The molecule has 5 aliphatic heterocycles. The Labute approximate surface area is 706 Å². The fraction of sp³-hybridized carbons (Fsp3) is 0.250. The largest absolute Gasteiger partial charge is 0.438 e. The highest BCUT2D eigenvalue weighted by Crippen LogP contribution is 2.54. The van der Waals surface area contributed by atoms with E-state index < -0.39 is 17.3 Å². The summed E-state index contributed by atoms with van der Waals surface area (Å²) in [6.45, 7) is 38.9. The zero-order valence-electron chi connectivity index (χ0n) is 71.9. The fourth-order valence-corrected chi connectivity index (χ4v) is 18.2. The van der Waals surface area contributed by atoms with Crippen molar-refractivity contribution in [2.75, 3.05) is 84.2 Å². The topological polar surface area (TPSA) is 184 Å². The Kier molecular flexibility index (Phi) is 21.6. The van der Waals surface area contributed by atoms with Gasteiger partial charge in [-0.2, -0.15) is 21.0 Å². The minimum Gasteiger partial charge on any atom is -0.438 e. The first kappa shape index (κ1) is 81.5. The lowest BCUT2D eigenvalue weighted by Crippen LogP contribution is -2.36. The third-order valence-corrected chi connectivity index (χ3v) is 25.3. The van der Waals surface area contributed by atoms with Gasteiger partial charge in [-0.15, -0.1) is 0 Å². The van der Waals surface area contributed by atoms with E-state index in [2.05, 4.69) is 249 Å². The number of aryl methyl sites for hydroxylation is 7. The number of para-hydroxylation sites is 5. The number of furan rings is 2. The first-order chi connectivity index (χ1) is 58.0. The van der Waals surface area contributed by atoms with Crippen LogP contribution < -0.4 is 49.0 Å². The normalized spacial score (nSPS) is 16.4. The summed E-state index contributed by atoms with van der Waals surface area (Å²) in [4.78, 5) is 33.3. The summed E-state index contributed by atoms with van der Waals surface area (Å²) in [5, 5.41) is 42.1. The van der Waals surface area contributed by atoms with Crippen LogP contribution in [0.5, 0.6) is 0 Å². The van der Waals surface area contributed by atoms with Crippen LogP contribution in [0.2, 0.25) is 0 Å². The molecule has 21 heteroatoms.